The van der Waals surface area contributed by atoms with E-state index in [1.54, 1.807) is 0 Å². The molecule has 0 spiro atoms. The Bertz CT molecular complexity index is 603. The fourth-order valence-electron chi connectivity index (χ4n) is 2.65. The third-order valence-corrected chi connectivity index (χ3v) is 3.49. The molecule has 0 amide bonds. The lowest BCUT2D eigenvalue weighted by molar-refractivity contribution is 1.20. The molecule has 84 valence electrons. The predicted octanol–water partition coefficient (Wildman–Crippen LogP) is 4.62. The van der Waals surface area contributed by atoms with Crippen LogP contribution in [0.2, 0.25) is 0 Å². The number of allylic oxidation sites excluding steroid dienone is 1. The van der Waals surface area contributed by atoms with Gasteiger partial charge in [0.1, 0.15) is 0 Å². The summed E-state index contributed by atoms with van der Waals surface area (Å²) in [6, 6.07) is 15.3. The molecule has 1 aliphatic rings. The van der Waals surface area contributed by atoms with Crippen LogP contribution in [-0.2, 0) is 6.42 Å². The summed E-state index contributed by atoms with van der Waals surface area (Å²) in [4.78, 5) is 0. The van der Waals surface area contributed by atoms with Crippen LogP contribution in [0.5, 0.6) is 0 Å². The van der Waals surface area contributed by atoms with Crippen molar-refractivity contribution in [2.75, 3.05) is 0 Å². The monoisotopic (exact) mass is 220 g/mol. The van der Waals surface area contributed by atoms with Gasteiger partial charge in [0.15, 0.2) is 0 Å². The Morgan fingerprint density at radius 3 is 2.41 bits per heavy atom. The molecule has 0 aromatic heterocycles. The van der Waals surface area contributed by atoms with Crippen LogP contribution in [0, 0.1) is 6.92 Å². The number of rotatable bonds is 1. The minimum Gasteiger partial charge on any atom is -0.0683 e. The van der Waals surface area contributed by atoms with Crippen LogP contribution < -0.4 is 0 Å². The Labute approximate surface area is 103 Å². The van der Waals surface area contributed by atoms with E-state index in [0.717, 1.165) is 6.42 Å². The van der Waals surface area contributed by atoms with Gasteiger partial charge < -0.3 is 0 Å². The molecule has 2 aromatic carbocycles. The average Bonchev–Trinajstić information content (AvgIpc) is 2.70. The molecule has 0 unspecified atom stereocenters. The standard InChI is InChI=1S/C17H16/c1-12-10-14-7-5-9-16(17(14)11-12)15-8-4-3-6-13(15)2/h3-9,11H,10H2,1-2H3. The molecule has 0 heteroatoms. The summed E-state index contributed by atoms with van der Waals surface area (Å²) in [6.45, 7) is 4.39. The lowest BCUT2D eigenvalue weighted by Gasteiger charge is -2.10. The largest absolute Gasteiger partial charge is 0.0683 e. The van der Waals surface area contributed by atoms with E-state index in [0.29, 0.717) is 0 Å². The Kier molecular flexibility index (Phi) is 2.36. The molecule has 1 aliphatic carbocycles. The van der Waals surface area contributed by atoms with Gasteiger partial charge in [0.05, 0.1) is 0 Å². The van der Waals surface area contributed by atoms with Gasteiger partial charge in [-0.15, -0.1) is 0 Å². The van der Waals surface area contributed by atoms with Gasteiger partial charge in [-0.2, -0.15) is 0 Å². The molecule has 2 aromatic rings. The van der Waals surface area contributed by atoms with Crippen molar-refractivity contribution in [2.24, 2.45) is 0 Å². The SMILES string of the molecule is CC1=Cc2c(cccc2-c2ccccc2C)C1. The second-order valence-corrected chi connectivity index (χ2v) is 4.86. The third-order valence-electron chi connectivity index (χ3n) is 3.49. The van der Waals surface area contributed by atoms with Crippen molar-refractivity contribution in [2.45, 2.75) is 20.3 Å². The molecule has 0 fully saturated rings. The number of aryl methyl sites for hydroxylation is 1. The smallest absolute Gasteiger partial charge is 0.00604 e. The highest BCUT2D eigenvalue weighted by atomic mass is 14.2. The van der Waals surface area contributed by atoms with Gasteiger partial charge in [-0.1, -0.05) is 54.1 Å². The van der Waals surface area contributed by atoms with Crippen LogP contribution in [-0.4, -0.2) is 0 Å². The summed E-state index contributed by atoms with van der Waals surface area (Å²) in [7, 11) is 0. The van der Waals surface area contributed by atoms with Crippen molar-refractivity contribution in [1.29, 1.82) is 0 Å². The zero-order valence-corrected chi connectivity index (χ0v) is 10.3. The molecule has 0 N–H and O–H groups in total. The summed E-state index contributed by atoms with van der Waals surface area (Å²) in [6.07, 6.45) is 3.44. The van der Waals surface area contributed by atoms with E-state index in [9.17, 15) is 0 Å². The Morgan fingerprint density at radius 2 is 1.59 bits per heavy atom. The molecular weight excluding hydrogens is 204 g/mol. The minimum atomic E-state index is 1.11. The lowest BCUT2D eigenvalue weighted by Crippen LogP contribution is -1.89. The maximum atomic E-state index is 2.33. The van der Waals surface area contributed by atoms with E-state index in [-0.39, 0.29) is 0 Å². The van der Waals surface area contributed by atoms with Crippen molar-refractivity contribution < 1.29 is 0 Å². The molecule has 0 saturated carbocycles. The highest BCUT2D eigenvalue weighted by Crippen LogP contribution is 2.34. The molecule has 0 bridgehead atoms. The summed E-state index contributed by atoms with van der Waals surface area (Å²) in [5.74, 6) is 0. The fourth-order valence-corrected chi connectivity index (χ4v) is 2.65. The van der Waals surface area contributed by atoms with Crippen LogP contribution in [0.15, 0.2) is 48.0 Å². The molecule has 0 saturated heterocycles. The van der Waals surface area contributed by atoms with Gasteiger partial charge in [-0.25, -0.2) is 0 Å². The first kappa shape index (κ1) is 10.3. The molecular formula is C17H16. The number of benzene rings is 2. The first-order valence-corrected chi connectivity index (χ1v) is 6.11. The number of hydrogen-bond donors (Lipinski definition) is 0. The summed E-state index contributed by atoms with van der Waals surface area (Å²) in [5.41, 5.74) is 8.41. The summed E-state index contributed by atoms with van der Waals surface area (Å²) < 4.78 is 0. The van der Waals surface area contributed by atoms with Gasteiger partial charge in [0, 0.05) is 0 Å². The predicted molar refractivity (Wildman–Crippen MR) is 74.0 cm³/mol. The van der Waals surface area contributed by atoms with Gasteiger partial charge in [0.25, 0.3) is 0 Å². The Hall–Kier alpha value is -1.82. The van der Waals surface area contributed by atoms with Crippen LogP contribution in [0.4, 0.5) is 0 Å². The van der Waals surface area contributed by atoms with E-state index in [4.69, 9.17) is 0 Å². The highest BCUT2D eigenvalue weighted by molar-refractivity contribution is 5.81. The zero-order chi connectivity index (χ0) is 11.8. The molecule has 17 heavy (non-hydrogen) atoms. The van der Waals surface area contributed by atoms with Gasteiger partial charge in [0.2, 0.25) is 0 Å². The van der Waals surface area contributed by atoms with E-state index in [1.165, 1.54) is 33.4 Å². The zero-order valence-electron chi connectivity index (χ0n) is 10.3. The Balaban J connectivity index is 2.24. The normalized spacial score (nSPS) is 13.4. The van der Waals surface area contributed by atoms with Crippen LogP contribution in [0.1, 0.15) is 23.6 Å². The maximum Gasteiger partial charge on any atom is -0.00604 e. The number of hydrogen-bond acceptors (Lipinski definition) is 0. The first-order valence-electron chi connectivity index (χ1n) is 6.11. The summed E-state index contributed by atoms with van der Waals surface area (Å²) >= 11 is 0. The molecule has 0 heterocycles. The van der Waals surface area contributed by atoms with E-state index < -0.39 is 0 Å². The van der Waals surface area contributed by atoms with Crippen LogP contribution in [0.3, 0.4) is 0 Å². The van der Waals surface area contributed by atoms with Gasteiger partial charge in [-0.3, -0.25) is 0 Å². The van der Waals surface area contributed by atoms with Crippen molar-refractivity contribution in [3.63, 3.8) is 0 Å². The quantitative estimate of drug-likeness (QED) is 0.657. The van der Waals surface area contributed by atoms with Crippen molar-refractivity contribution in [3.05, 3.63) is 64.7 Å². The van der Waals surface area contributed by atoms with Crippen molar-refractivity contribution in [3.8, 4) is 11.1 Å². The van der Waals surface area contributed by atoms with E-state index in [2.05, 4.69) is 62.4 Å². The molecule has 0 nitrogen and oxygen atoms in total. The summed E-state index contributed by atoms with van der Waals surface area (Å²) in [5, 5.41) is 0. The molecule has 3 rings (SSSR count). The molecule has 0 aliphatic heterocycles. The lowest BCUT2D eigenvalue weighted by atomic mass is 9.94. The van der Waals surface area contributed by atoms with Crippen molar-refractivity contribution in [1.82, 2.24) is 0 Å². The molecule has 0 atom stereocenters. The van der Waals surface area contributed by atoms with Crippen LogP contribution >= 0.6 is 0 Å². The second-order valence-electron chi connectivity index (χ2n) is 4.86. The molecule has 0 radical (unpaired) electrons. The van der Waals surface area contributed by atoms with Gasteiger partial charge in [-0.05, 0) is 48.1 Å². The first-order chi connectivity index (χ1) is 8.25. The van der Waals surface area contributed by atoms with E-state index in [1.807, 2.05) is 0 Å². The van der Waals surface area contributed by atoms with E-state index >= 15 is 0 Å². The minimum absolute atomic E-state index is 1.11. The van der Waals surface area contributed by atoms with Crippen LogP contribution in [0.25, 0.3) is 17.2 Å². The average molecular weight is 220 g/mol. The third kappa shape index (κ3) is 1.70. The Morgan fingerprint density at radius 1 is 0.824 bits per heavy atom. The second kappa shape index (κ2) is 3.89. The van der Waals surface area contributed by atoms with Gasteiger partial charge >= 0.3 is 0 Å². The number of fused-ring (bicyclic) bond motifs is 1. The fraction of sp³-hybridized carbons (Fsp3) is 0.176. The van der Waals surface area contributed by atoms with Crippen molar-refractivity contribution >= 4 is 6.08 Å². The maximum absolute atomic E-state index is 2.33. The topological polar surface area (TPSA) is 0 Å². The highest BCUT2D eigenvalue weighted by Gasteiger charge is 2.14.